The minimum Gasteiger partial charge on any atom is -0.493 e. The van der Waals surface area contributed by atoms with E-state index in [4.69, 9.17) is 9.47 Å². The van der Waals surface area contributed by atoms with Crippen molar-refractivity contribution in [2.75, 3.05) is 25.6 Å². The van der Waals surface area contributed by atoms with Gasteiger partial charge in [-0.05, 0) is 31.4 Å². The molecule has 136 valence electrons. The summed E-state index contributed by atoms with van der Waals surface area (Å²) in [6, 6.07) is 5.74. The molecule has 2 amide bonds. The van der Waals surface area contributed by atoms with E-state index >= 15 is 0 Å². The van der Waals surface area contributed by atoms with Crippen molar-refractivity contribution >= 4 is 17.5 Å². The first-order valence-corrected chi connectivity index (χ1v) is 9.08. The van der Waals surface area contributed by atoms with Crippen LogP contribution in [0.1, 0.15) is 44.9 Å². The van der Waals surface area contributed by atoms with Crippen LogP contribution >= 0.6 is 0 Å². The van der Waals surface area contributed by atoms with Gasteiger partial charge in [-0.25, -0.2) is 0 Å². The highest BCUT2D eigenvalue weighted by molar-refractivity contribution is 5.95. The highest BCUT2D eigenvalue weighted by Gasteiger charge is 2.21. The summed E-state index contributed by atoms with van der Waals surface area (Å²) in [5.74, 6) is 1.35. The average molecular weight is 346 g/mol. The third-order valence-electron chi connectivity index (χ3n) is 4.91. The Morgan fingerprint density at radius 3 is 2.92 bits per heavy atom. The molecule has 1 aromatic carbocycles. The van der Waals surface area contributed by atoms with E-state index in [1.54, 1.807) is 18.2 Å². The molecule has 25 heavy (non-hydrogen) atoms. The average Bonchev–Trinajstić information content (AvgIpc) is 2.65. The highest BCUT2D eigenvalue weighted by atomic mass is 16.5. The summed E-state index contributed by atoms with van der Waals surface area (Å²) in [6.45, 7) is 0.508. The van der Waals surface area contributed by atoms with Gasteiger partial charge >= 0.3 is 0 Å². The minimum atomic E-state index is -0.151. The number of hydrogen-bond donors (Lipinski definition) is 1. The zero-order chi connectivity index (χ0) is 17.6. The Bertz CT molecular complexity index is 626. The second-order valence-corrected chi connectivity index (χ2v) is 6.74. The Balaban J connectivity index is 1.41. The molecule has 0 bridgehead atoms. The zero-order valence-corrected chi connectivity index (χ0v) is 14.8. The van der Waals surface area contributed by atoms with Crippen LogP contribution in [0, 0.1) is 0 Å². The summed E-state index contributed by atoms with van der Waals surface area (Å²) in [7, 11) is 1.92. The van der Waals surface area contributed by atoms with E-state index in [9.17, 15) is 9.59 Å². The molecule has 1 aromatic rings. The van der Waals surface area contributed by atoms with Crippen LogP contribution in [0.4, 0.5) is 5.69 Å². The smallest absolute Gasteiger partial charge is 0.262 e. The second-order valence-electron chi connectivity index (χ2n) is 6.74. The molecule has 2 aliphatic rings. The fourth-order valence-electron chi connectivity index (χ4n) is 3.41. The van der Waals surface area contributed by atoms with Crippen molar-refractivity contribution in [1.82, 2.24) is 4.90 Å². The standard InChI is InChI=1S/C19H26N2O4/c1-21(14-6-3-2-4-7-14)19(23)8-5-11-24-15-9-10-16-17(12-15)25-13-18(22)20-16/h9-10,12,14H,2-8,11,13H2,1H3,(H,20,22). The van der Waals surface area contributed by atoms with Gasteiger partial charge in [0.2, 0.25) is 5.91 Å². The normalized spacial score (nSPS) is 17.2. The van der Waals surface area contributed by atoms with Crippen molar-refractivity contribution in [2.24, 2.45) is 0 Å². The van der Waals surface area contributed by atoms with Gasteiger partial charge in [-0.3, -0.25) is 9.59 Å². The molecule has 1 aliphatic carbocycles. The van der Waals surface area contributed by atoms with Gasteiger partial charge in [-0.15, -0.1) is 0 Å². The maximum Gasteiger partial charge on any atom is 0.262 e. The first-order chi connectivity index (χ1) is 12.1. The van der Waals surface area contributed by atoms with Gasteiger partial charge in [0.05, 0.1) is 12.3 Å². The molecule has 0 saturated heterocycles. The summed E-state index contributed by atoms with van der Waals surface area (Å²) in [5.41, 5.74) is 0.660. The maximum atomic E-state index is 12.3. The van der Waals surface area contributed by atoms with E-state index in [-0.39, 0.29) is 18.4 Å². The number of amides is 2. The molecule has 0 unspecified atom stereocenters. The first-order valence-electron chi connectivity index (χ1n) is 9.08. The van der Waals surface area contributed by atoms with Crippen molar-refractivity contribution < 1.29 is 19.1 Å². The third kappa shape index (κ3) is 4.65. The van der Waals surface area contributed by atoms with Crippen molar-refractivity contribution in [2.45, 2.75) is 51.0 Å². The summed E-state index contributed by atoms with van der Waals surface area (Å²) in [6.07, 6.45) is 7.20. The van der Waals surface area contributed by atoms with Crippen LogP contribution in [0.2, 0.25) is 0 Å². The fraction of sp³-hybridized carbons (Fsp3) is 0.579. The number of benzene rings is 1. The van der Waals surface area contributed by atoms with Gasteiger partial charge in [0, 0.05) is 25.6 Å². The van der Waals surface area contributed by atoms with Crippen molar-refractivity contribution in [3.63, 3.8) is 0 Å². The third-order valence-corrected chi connectivity index (χ3v) is 4.91. The van der Waals surface area contributed by atoms with Crippen LogP contribution in [0.25, 0.3) is 0 Å². The van der Waals surface area contributed by atoms with Gasteiger partial charge in [0.1, 0.15) is 11.5 Å². The van der Waals surface area contributed by atoms with Crippen LogP contribution in [0.5, 0.6) is 11.5 Å². The number of carbonyl (C=O) groups excluding carboxylic acids is 2. The Hall–Kier alpha value is -2.24. The molecular formula is C19H26N2O4. The lowest BCUT2D eigenvalue weighted by Gasteiger charge is -2.31. The van der Waals surface area contributed by atoms with Crippen molar-refractivity contribution in [3.05, 3.63) is 18.2 Å². The Morgan fingerprint density at radius 1 is 1.32 bits per heavy atom. The monoisotopic (exact) mass is 346 g/mol. The topological polar surface area (TPSA) is 67.9 Å². The molecule has 0 spiro atoms. The van der Waals surface area contributed by atoms with E-state index in [1.807, 2.05) is 11.9 Å². The van der Waals surface area contributed by atoms with E-state index in [2.05, 4.69) is 5.32 Å². The molecule has 0 radical (unpaired) electrons. The van der Waals surface area contributed by atoms with Crippen molar-refractivity contribution in [1.29, 1.82) is 0 Å². The summed E-state index contributed by atoms with van der Waals surface area (Å²) in [5, 5.41) is 2.74. The molecule has 6 nitrogen and oxygen atoms in total. The van der Waals surface area contributed by atoms with Crippen LogP contribution in [-0.2, 0) is 9.59 Å². The van der Waals surface area contributed by atoms with Gasteiger partial charge in [-0.1, -0.05) is 19.3 Å². The van der Waals surface area contributed by atoms with Gasteiger partial charge in [0.15, 0.2) is 6.61 Å². The van der Waals surface area contributed by atoms with E-state index < -0.39 is 0 Å². The predicted octanol–water partition coefficient (Wildman–Crippen LogP) is 2.97. The van der Waals surface area contributed by atoms with E-state index in [0.29, 0.717) is 42.7 Å². The molecule has 1 fully saturated rings. The molecule has 1 N–H and O–H groups in total. The van der Waals surface area contributed by atoms with E-state index in [0.717, 1.165) is 12.8 Å². The number of nitrogens with zero attached hydrogens (tertiary/aromatic N) is 1. The van der Waals surface area contributed by atoms with Crippen LogP contribution < -0.4 is 14.8 Å². The summed E-state index contributed by atoms with van der Waals surface area (Å²) in [4.78, 5) is 25.5. The number of anilines is 1. The fourth-order valence-corrected chi connectivity index (χ4v) is 3.41. The summed E-state index contributed by atoms with van der Waals surface area (Å²) >= 11 is 0. The molecule has 1 aliphatic heterocycles. The molecular weight excluding hydrogens is 320 g/mol. The maximum absolute atomic E-state index is 12.3. The van der Waals surface area contributed by atoms with Crippen LogP contribution in [-0.4, -0.2) is 43.0 Å². The highest BCUT2D eigenvalue weighted by Crippen LogP contribution is 2.31. The van der Waals surface area contributed by atoms with Gasteiger partial charge < -0.3 is 19.7 Å². The SMILES string of the molecule is CN(C(=O)CCCOc1ccc2c(c1)OCC(=O)N2)C1CCCCC1. The largest absolute Gasteiger partial charge is 0.493 e. The molecule has 0 aromatic heterocycles. The number of carbonyl (C=O) groups is 2. The second kappa shape index (κ2) is 8.23. The molecule has 6 heteroatoms. The lowest BCUT2D eigenvalue weighted by molar-refractivity contribution is -0.132. The van der Waals surface area contributed by atoms with Crippen molar-refractivity contribution in [3.8, 4) is 11.5 Å². The van der Waals surface area contributed by atoms with Gasteiger partial charge in [0.25, 0.3) is 5.91 Å². The number of fused-ring (bicyclic) bond motifs is 1. The predicted molar refractivity (Wildman–Crippen MR) is 94.9 cm³/mol. The lowest BCUT2D eigenvalue weighted by atomic mass is 9.94. The van der Waals surface area contributed by atoms with E-state index in [1.165, 1.54) is 19.3 Å². The molecule has 1 heterocycles. The van der Waals surface area contributed by atoms with Crippen LogP contribution in [0.15, 0.2) is 18.2 Å². The first kappa shape index (κ1) is 17.6. The molecule has 3 rings (SSSR count). The van der Waals surface area contributed by atoms with Gasteiger partial charge in [-0.2, -0.15) is 0 Å². The summed E-state index contributed by atoms with van der Waals surface area (Å²) < 4.78 is 11.1. The number of hydrogen-bond acceptors (Lipinski definition) is 4. The lowest BCUT2D eigenvalue weighted by Crippen LogP contribution is -2.38. The molecule has 1 saturated carbocycles. The number of ether oxygens (including phenoxy) is 2. The zero-order valence-electron chi connectivity index (χ0n) is 14.8. The quantitative estimate of drug-likeness (QED) is 0.804. The number of nitrogens with one attached hydrogen (secondary N) is 1. The van der Waals surface area contributed by atoms with Crippen LogP contribution in [0.3, 0.4) is 0 Å². The Kier molecular flexibility index (Phi) is 5.79. The Labute approximate surface area is 148 Å². The Morgan fingerprint density at radius 2 is 2.12 bits per heavy atom. The molecule has 0 atom stereocenters. The minimum absolute atomic E-state index is 0.0262. The number of rotatable bonds is 6.